The van der Waals surface area contributed by atoms with Gasteiger partial charge in [0.05, 0.1) is 10.2 Å². The Morgan fingerprint density at radius 1 is 1.06 bits per heavy atom. The molecular formula is C25H20ClN5OS. The van der Waals surface area contributed by atoms with Crippen molar-refractivity contribution in [1.82, 2.24) is 19.3 Å². The minimum atomic E-state index is -0.204. The van der Waals surface area contributed by atoms with E-state index in [1.165, 1.54) is 11.3 Å². The molecule has 0 radical (unpaired) electrons. The molecular weight excluding hydrogens is 454 g/mol. The molecule has 2 aromatic carbocycles. The average molecular weight is 474 g/mol. The molecule has 0 fully saturated rings. The van der Waals surface area contributed by atoms with Gasteiger partial charge in [-0.2, -0.15) is 5.26 Å². The lowest BCUT2D eigenvalue weighted by Gasteiger charge is -2.07. The predicted octanol–water partition coefficient (Wildman–Crippen LogP) is 3.42. The van der Waals surface area contributed by atoms with Crippen molar-refractivity contribution in [2.45, 2.75) is 32.2 Å². The van der Waals surface area contributed by atoms with Crippen molar-refractivity contribution >= 4 is 34.6 Å². The molecule has 1 aliphatic heterocycles. The molecule has 0 atom stereocenters. The lowest BCUT2D eigenvalue weighted by molar-refractivity contribution is 0.627. The Kier molecular flexibility index (Phi) is 5.95. The van der Waals surface area contributed by atoms with Crippen molar-refractivity contribution in [3.63, 3.8) is 0 Å². The molecule has 8 heteroatoms. The van der Waals surface area contributed by atoms with E-state index in [0.29, 0.717) is 31.3 Å². The van der Waals surface area contributed by atoms with Crippen molar-refractivity contribution < 1.29 is 0 Å². The Bertz CT molecular complexity index is 1540. The van der Waals surface area contributed by atoms with Gasteiger partial charge >= 0.3 is 0 Å². The monoisotopic (exact) mass is 473 g/mol. The third-order valence-corrected chi connectivity index (χ3v) is 7.13. The van der Waals surface area contributed by atoms with Crippen LogP contribution in [-0.2, 0) is 13.0 Å². The molecule has 6 nitrogen and oxygen atoms in total. The highest BCUT2D eigenvalue weighted by molar-refractivity contribution is 7.07. The summed E-state index contributed by atoms with van der Waals surface area (Å²) in [6, 6.07) is 19.0. The molecule has 33 heavy (non-hydrogen) atoms. The van der Waals surface area contributed by atoms with Crippen LogP contribution in [0.25, 0.3) is 17.3 Å². The average Bonchev–Trinajstić information content (AvgIpc) is 3.27. The first-order valence-electron chi connectivity index (χ1n) is 10.8. The molecule has 0 saturated carbocycles. The van der Waals surface area contributed by atoms with Gasteiger partial charge in [-0.1, -0.05) is 54.4 Å². The van der Waals surface area contributed by atoms with Crippen molar-refractivity contribution in [2.75, 3.05) is 0 Å². The quantitative estimate of drug-likeness (QED) is 0.457. The van der Waals surface area contributed by atoms with E-state index in [2.05, 4.69) is 16.3 Å². The van der Waals surface area contributed by atoms with Crippen LogP contribution in [0.4, 0.5) is 0 Å². The minimum absolute atomic E-state index is 0.204. The van der Waals surface area contributed by atoms with Gasteiger partial charge in [-0.3, -0.25) is 9.36 Å². The fourth-order valence-corrected chi connectivity index (χ4v) is 5.34. The van der Waals surface area contributed by atoms with Gasteiger partial charge in [-0.05, 0) is 42.7 Å². The van der Waals surface area contributed by atoms with E-state index in [-0.39, 0.29) is 5.56 Å². The number of halogens is 1. The second kappa shape index (κ2) is 9.18. The van der Waals surface area contributed by atoms with Crippen molar-refractivity contribution in [2.24, 2.45) is 0 Å². The van der Waals surface area contributed by atoms with Gasteiger partial charge in [0.15, 0.2) is 5.82 Å². The molecule has 164 valence electrons. The van der Waals surface area contributed by atoms with Crippen LogP contribution < -0.4 is 14.8 Å². The summed E-state index contributed by atoms with van der Waals surface area (Å²) >= 11 is 7.61. The Morgan fingerprint density at radius 3 is 2.64 bits per heavy atom. The van der Waals surface area contributed by atoms with Gasteiger partial charge in [0.1, 0.15) is 22.1 Å². The molecule has 0 saturated heterocycles. The fourth-order valence-electron chi connectivity index (χ4n) is 4.06. The maximum absolute atomic E-state index is 13.6. The van der Waals surface area contributed by atoms with Crippen molar-refractivity contribution in [1.29, 1.82) is 5.26 Å². The van der Waals surface area contributed by atoms with Crippen molar-refractivity contribution in [3.05, 3.63) is 96.4 Å². The standard InChI is InChI=1S/C25H20ClN5OS/c26-20-12-7-6-9-17(20)15-21-24(32)31(18-10-3-1-4-11-18)25(33-21)19(16-27)23-29-28-22-13-5-2-8-14-30(22)23/h1,3-4,6-7,9-12,15H,2,5,8,13-14H2/b21-15-,25-19+. The van der Waals surface area contributed by atoms with E-state index in [0.717, 1.165) is 43.6 Å². The van der Waals surface area contributed by atoms with Gasteiger partial charge in [-0.25, -0.2) is 0 Å². The van der Waals surface area contributed by atoms with Crippen LogP contribution in [0.1, 0.15) is 36.5 Å². The Balaban J connectivity index is 1.85. The maximum atomic E-state index is 13.6. The lowest BCUT2D eigenvalue weighted by Crippen LogP contribution is -2.31. The summed E-state index contributed by atoms with van der Waals surface area (Å²) in [5.41, 5.74) is 1.58. The summed E-state index contributed by atoms with van der Waals surface area (Å²) in [6.45, 7) is 0.766. The topological polar surface area (TPSA) is 76.5 Å². The van der Waals surface area contributed by atoms with Gasteiger partial charge in [0.2, 0.25) is 0 Å². The summed E-state index contributed by atoms with van der Waals surface area (Å²) < 4.78 is 4.64. The van der Waals surface area contributed by atoms with Gasteiger partial charge in [0, 0.05) is 18.0 Å². The number of nitriles is 1. The Morgan fingerprint density at radius 2 is 1.85 bits per heavy atom. The van der Waals surface area contributed by atoms with E-state index in [1.54, 1.807) is 16.7 Å². The zero-order valence-electron chi connectivity index (χ0n) is 17.7. The molecule has 5 rings (SSSR count). The second-order valence-corrected chi connectivity index (χ2v) is 9.24. The number of nitrogens with zero attached hydrogens (tertiary/aromatic N) is 5. The summed E-state index contributed by atoms with van der Waals surface area (Å²) in [7, 11) is 0. The van der Waals surface area contributed by atoms with Crippen LogP contribution in [0.2, 0.25) is 5.02 Å². The van der Waals surface area contributed by atoms with Crippen molar-refractivity contribution in [3.8, 4) is 11.8 Å². The number of aromatic nitrogens is 4. The Hall–Kier alpha value is -3.47. The third-order valence-electron chi connectivity index (χ3n) is 5.69. The summed E-state index contributed by atoms with van der Waals surface area (Å²) in [6.07, 6.45) is 5.81. The zero-order chi connectivity index (χ0) is 22.8. The first kappa shape index (κ1) is 21.4. The SMILES string of the molecule is N#C/C(c1nnc2n1CCCCC2)=c1\s/c(=C\c2ccccc2Cl)c(=O)n1-c1ccccc1. The number of thiazole rings is 1. The molecule has 3 heterocycles. The molecule has 0 aliphatic carbocycles. The molecule has 0 spiro atoms. The summed E-state index contributed by atoms with van der Waals surface area (Å²) in [5.74, 6) is 1.41. The van der Waals surface area contributed by atoms with Crippen LogP contribution in [0, 0.1) is 11.3 Å². The number of hydrogen-bond acceptors (Lipinski definition) is 5. The first-order valence-corrected chi connectivity index (χ1v) is 12.0. The van der Waals surface area contributed by atoms with E-state index in [9.17, 15) is 10.1 Å². The predicted molar refractivity (Wildman–Crippen MR) is 130 cm³/mol. The highest BCUT2D eigenvalue weighted by Gasteiger charge is 2.21. The number of fused-ring (bicyclic) bond motifs is 1. The molecule has 1 aliphatic rings. The first-order chi connectivity index (χ1) is 16.2. The fraction of sp³-hybridized carbons (Fsp3) is 0.200. The minimum Gasteiger partial charge on any atom is -0.310 e. The van der Waals surface area contributed by atoms with Crippen LogP contribution in [0.5, 0.6) is 0 Å². The van der Waals surface area contributed by atoms with Crippen LogP contribution in [0.15, 0.2) is 59.4 Å². The number of rotatable bonds is 3. The number of hydrogen-bond donors (Lipinski definition) is 0. The highest BCUT2D eigenvalue weighted by Crippen LogP contribution is 2.19. The van der Waals surface area contributed by atoms with E-state index >= 15 is 0 Å². The molecule has 0 bridgehead atoms. The van der Waals surface area contributed by atoms with Crippen LogP contribution in [-0.4, -0.2) is 19.3 Å². The Labute approximate surface area is 199 Å². The second-order valence-electron chi connectivity index (χ2n) is 7.80. The molecule has 2 aromatic heterocycles. The zero-order valence-corrected chi connectivity index (χ0v) is 19.3. The smallest absolute Gasteiger partial charge is 0.273 e. The van der Waals surface area contributed by atoms with E-state index < -0.39 is 0 Å². The molecule has 0 amide bonds. The third kappa shape index (κ3) is 4.04. The largest absolute Gasteiger partial charge is 0.310 e. The number of benzene rings is 2. The van der Waals surface area contributed by atoms with Crippen LogP contribution in [0.3, 0.4) is 0 Å². The summed E-state index contributed by atoms with van der Waals surface area (Å²) in [5, 5.41) is 19.5. The van der Waals surface area contributed by atoms with Gasteiger partial charge in [0.25, 0.3) is 5.56 Å². The van der Waals surface area contributed by atoms with Crippen LogP contribution >= 0.6 is 22.9 Å². The van der Waals surface area contributed by atoms with Gasteiger partial charge in [-0.15, -0.1) is 21.5 Å². The molecule has 4 aromatic rings. The van der Waals surface area contributed by atoms with E-state index in [1.807, 2.05) is 53.1 Å². The maximum Gasteiger partial charge on any atom is 0.273 e. The lowest BCUT2D eigenvalue weighted by atomic mass is 10.2. The highest BCUT2D eigenvalue weighted by atomic mass is 35.5. The normalized spacial score (nSPS) is 15.0. The molecule has 0 unspecified atom stereocenters. The van der Waals surface area contributed by atoms with E-state index in [4.69, 9.17) is 11.6 Å². The molecule has 0 N–H and O–H groups in total. The number of para-hydroxylation sites is 1. The number of aryl methyl sites for hydroxylation is 1. The summed E-state index contributed by atoms with van der Waals surface area (Å²) in [4.78, 5) is 13.6. The van der Waals surface area contributed by atoms with Gasteiger partial charge < -0.3 is 4.57 Å².